The van der Waals surface area contributed by atoms with Crippen molar-refractivity contribution in [2.45, 2.75) is 32.5 Å². The summed E-state index contributed by atoms with van der Waals surface area (Å²) in [5.74, 6) is 0.140. The summed E-state index contributed by atoms with van der Waals surface area (Å²) < 4.78 is 17.0. The maximum atomic E-state index is 13.3. The van der Waals surface area contributed by atoms with Crippen LogP contribution in [-0.2, 0) is 22.7 Å². The number of ketones is 1. The number of nitrogens with zero attached hydrogens (tertiary/aromatic N) is 1. The number of aliphatic hydroxyl groups is 1. The molecule has 0 radical (unpaired) electrons. The van der Waals surface area contributed by atoms with Crippen molar-refractivity contribution < 1.29 is 28.6 Å². The van der Waals surface area contributed by atoms with Gasteiger partial charge in [-0.15, -0.1) is 0 Å². The van der Waals surface area contributed by atoms with Crippen LogP contribution in [0.4, 0.5) is 0 Å². The third-order valence-electron chi connectivity index (χ3n) is 6.49. The predicted molar refractivity (Wildman–Crippen MR) is 146 cm³/mol. The predicted octanol–water partition coefficient (Wildman–Crippen LogP) is 6.27. The average Bonchev–Trinajstić information content (AvgIpc) is 3.58. The van der Waals surface area contributed by atoms with E-state index in [2.05, 4.69) is 0 Å². The zero-order valence-corrected chi connectivity index (χ0v) is 21.6. The number of hydrogen-bond donors (Lipinski definition) is 1. The topological polar surface area (TPSA) is 89.2 Å². The SMILES string of the molecule is CCCOc1ccc(/C(O)=C2/C(=O)C(=O)N(Cc3ccco3)C2c2ccc(OCc3ccccc3)cc2)cc1. The van der Waals surface area contributed by atoms with Crippen LogP contribution >= 0.6 is 0 Å². The number of furan rings is 1. The highest BCUT2D eigenvalue weighted by molar-refractivity contribution is 6.46. The summed E-state index contributed by atoms with van der Waals surface area (Å²) >= 11 is 0. The van der Waals surface area contributed by atoms with E-state index in [0.29, 0.717) is 41.6 Å². The van der Waals surface area contributed by atoms with Gasteiger partial charge >= 0.3 is 0 Å². The van der Waals surface area contributed by atoms with Crippen LogP contribution in [0.25, 0.3) is 5.76 Å². The lowest BCUT2D eigenvalue weighted by Crippen LogP contribution is -2.29. The third-order valence-corrected chi connectivity index (χ3v) is 6.49. The van der Waals surface area contributed by atoms with E-state index in [4.69, 9.17) is 13.9 Å². The van der Waals surface area contributed by atoms with E-state index >= 15 is 0 Å². The Morgan fingerprint density at radius 3 is 2.23 bits per heavy atom. The van der Waals surface area contributed by atoms with Crippen LogP contribution in [0.5, 0.6) is 11.5 Å². The summed E-state index contributed by atoms with van der Waals surface area (Å²) in [7, 11) is 0. The molecule has 1 fully saturated rings. The highest BCUT2D eigenvalue weighted by Crippen LogP contribution is 2.41. The van der Waals surface area contributed by atoms with Gasteiger partial charge in [-0.2, -0.15) is 0 Å². The van der Waals surface area contributed by atoms with Gasteiger partial charge in [0, 0.05) is 5.56 Å². The molecule has 5 rings (SSSR count). The Hall–Kier alpha value is -4.78. The minimum absolute atomic E-state index is 0.0201. The van der Waals surface area contributed by atoms with Gasteiger partial charge in [0.2, 0.25) is 0 Å². The van der Waals surface area contributed by atoms with Crippen LogP contribution in [0.3, 0.4) is 0 Å². The molecule has 7 heteroatoms. The first-order valence-corrected chi connectivity index (χ1v) is 12.9. The van der Waals surface area contributed by atoms with Crippen molar-refractivity contribution in [1.29, 1.82) is 0 Å². The van der Waals surface area contributed by atoms with E-state index in [9.17, 15) is 14.7 Å². The molecule has 198 valence electrons. The van der Waals surface area contributed by atoms with Crippen molar-refractivity contribution in [3.8, 4) is 11.5 Å². The Morgan fingerprint density at radius 1 is 0.872 bits per heavy atom. The molecule has 1 aromatic heterocycles. The molecule has 7 nitrogen and oxygen atoms in total. The van der Waals surface area contributed by atoms with Gasteiger partial charge in [-0.3, -0.25) is 9.59 Å². The molecule has 1 N–H and O–H groups in total. The van der Waals surface area contributed by atoms with Gasteiger partial charge < -0.3 is 23.9 Å². The van der Waals surface area contributed by atoms with Crippen LogP contribution < -0.4 is 9.47 Å². The van der Waals surface area contributed by atoms with Crippen LogP contribution in [0, 0.1) is 0 Å². The summed E-state index contributed by atoms with van der Waals surface area (Å²) in [4.78, 5) is 27.9. The molecule has 1 saturated heterocycles. The van der Waals surface area contributed by atoms with Crippen LogP contribution in [-0.4, -0.2) is 28.3 Å². The largest absolute Gasteiger partial charge is 0.507 e. The number of amides is 1. The molecule has 1 unspecified atom stereocenters. The van der Waals surface area contributed by atoms with Crippen molar-refractivity contribution in [3.63, 3.8) is 0 Å². The van der Waals surface area contributed by atoms with E-state index in [-0.39, 0.29) is 17.9 Å². The molecule has 0 spiro atoms. The number of aliphatic hydroxyl groups excluding tert-OH is 1. The van der Waals surface area contributed by atoms with E-state index in [1.807, 2.05) is 37.3 Å². The molecule has 4 aromatic rings. The summed E-state index contributed by atoms with van der Waals surface area (Å²) in [5.41, 5.74) is 2.14. The summed E-state index contributed by atoms with van der Waals surface area (Å²) in [5, 5.41) is 11.3. The van der Waals surface area contributed by atoms with Gasteiger partial charge in [0.05, 0.1) is 31.0 Å². The molecule has 1 aliphatic heterocycles. The first-order chi connectivity index (χ1) is 19.0. The standard InChI is InChI=1S/C32H29NO6/c1-2-18-37-25-16-12-24(13-17-25)30(34)28-29(33(32(36)31(28)35)20-27-9-6-19-38-27)23-10-14-26(15-11-23)39-21-22-7-4-3-5-8-22/h3-17,19,29,34H,2,18,20-21H2,1H3/b30-28-. The Balaban J connectivity index is 1.47. The second kappa shape index (κ2) is 11.7. The molecule has 0 saturated carbocycles. The normalized spacial score (nSPS) is 16.4. The van der Waals surface area contributed by atoms with E-state index in [0.717, 1.165) is 12.0 Å². The Bertz CT molecular complexity index is 1440. The van der Waals surface area contributed by atoms with Gasteiger partial charge in [-0.25, -0.2) is 0 Å². The smallest absolute Gasteiger partial charge is 0.296 e. The lowest BCUT2D eigenvalue weighted by Gasteiger charge is -2.24. The van der Waals surface area contributed by atoms with Gasteiger partial charge in [0.1, 0.15) is 29.6 Å². The minimum atomic E-state index is -0.811. The zero-order chi connectivity index (χ0) is 27.2. The third kappa shape index (κ3) is 5.72. The molecule has 1 atom stereocenters. The number of hydrogen-bond acceptors (Lipinski definition) is 6. The van der Waals surface area contributed by atoms with Gasteiger partial charge in [-0.05, 0) is 66.1 Å². The molecule has 3 aromatic carbocycles. The number of likely N-dealkylation sites (tertiary alicyclic amines) is 1. The Labute approximate surface area is 226 Å². The van der Waals surface area contributed by atoms with Crippen molar-refractivity contribution >= 4 is 17.4 Å². The van der Waals surface area contributed by atoms with E-state index < -0.39 is 17.7 Å². The Kier molecular flexibility index (Phi) is 7.78. The van der Waals surface area contributed by atoms with E-state index in [1.165, 1.54) is 11.2 Å². The monoisotopic (exact) mass is 523 g/mol. The van der Waals surface area contributed by atoms with Crippen molar-refractivity contribution in [2.75, 3.05) is 6.61 Å². The summed E-state index contributed by atoms with van der Waals surface area (Å²) in [6, 6.07) is 26.5. The number of ether oxygens (including phenoxy) is 2. The average molecular weight is 524 g/mol. The van der Waals surface area contributed by atoms with Gasteiger partial charge in [-0.1, -0.05) is 49.4 Å². The molecule has 39 heavy (non-hydrogen) atoms. The number of rotatable bonds is 10. The maximum absolute atomic E-state index is 13.3. The number of carbonyl (C=O) groups is 2. The molecular formula is C32H29NO6. The van der Waals surface area contributed by atoms with Crippen molar-refractivity contribution in [2.24, 2.45) is 0 Å². The molecule has 1 aliphatic rings. The summed E-state index contributed by atoms with van der Waals surface area (Å²) in [6.07, 6.45) is 2.39. The fourth-order valence-electron chi connectivity index (χ4n) is 4.53. The highest BCUT2D eigenvalue weighted by Gasteiger charge is 2.46. The van der Waals surface area contributed by atoms with Gasteiger partial charge in [0.15, 0.2) is 0 Å². The van der Waals surface area contributed by atoms with Crippen LogP contribution in [0.1, 0.15) is 41.8 Å². The quantitative estimate of drug-likeness (QED) is 0.150. The lowest BCUT2D eigenvalue weighted by molar-refractivity contribution is -0.140. The zero-order valence-electron chi connectivity index (χ0n) is 21.6. The first-order valence-electron chi connectivity index (χ1n) is 12.9. The maximum Gasteiger partial charge on any atom is 0.296 e. The molecule has 2 heterocycles. The number of Topliss-reactive ketones (excluding diaryl/α,β-unsaturated/α-hetero) is 1. The number of benzene rings is 3. The lowest BCUT2D eigenvalue weighted by atomic mass is 9.95. The van der Waals surface area contributed by atoms with E-state index in [1.54, 1.807) is 60.7 Å². The first kappa shape index (κ1) is 25.9. The molecular weight excluding hydrogens is 494 g/mol. The molecule has 0 aliphatic carbocycles. The fourth-order valence-corrected chi connectivity index (χ4v) is 4.53. The second-order valence-corrected chi connectivity index (χ2v) is 9.22. The molecule has 1 amide bonds. The number of carbonyl (C=O) groups excluding carboxylic acids is 2. The second-order valence-electron chi connectivity index (χ2n) is 9.22. The Morgan fingerprint density at radius 2 is 1.56 bits per heavy atom. The van der Waals surface area contributed by atoms with Crippen molar-refractivity contribution in [1.82, 2.24) is 4.90 Å². The van der Waals surface area contributed by atoms with Crippen LogP contribution in [0.2, 0.25) is 0 Å². The van der Waals surface area contributed by atoms with Crippen molar-refractivity contribution in [3.05, 3.63) is 125 Å². The minimum Gasteiger partial charge on any atom is -0.507 e. The fraction of sp³-hybridized carbons (Fsp3) is 0.188. The summed E-state index contributed by atoms with van der Waals surface area (Å²) in [6.45, 7) is 3.09. The van der Waals surface area contributed by atoms with Gasteiger partial charge in [0.25, 0.3) is 11.7 Å². The van der Waals surface area contributed by atoms with Crippen LogP contribution in [0.15, 0.2) is 107 Å². The highest BCUT2D eigenvalue weighted by atomic mass is 16.5. The molecule has 0 bridgehead atoms.